The smallest absolute Gasteiger partial charge is 0.251 e. The molecule has 126 valence electrons. The maximum absolute atomic E-state index is 12.2. The summed E-state index contributed by atoms with van der Waals surface area (Å²) in [5, 5.41) is 7.15. The lowest BCUT2D eigenvalue weighted by Gasteiger charge is -2.15. The van der Waals surface area contributed by atoms with Gasteiger partial charge >= 0.3 is 0 Å². The predicted octanol–water partition coefficient (Wildman–Crippen LogP) is 1.92. The van der Waals surface area contributed by atoms with Crippen molar-refractivity contribution in [1.82, 2.24) is 20.0 Å². The third-order valence-electron chi connectivity index (χ3n) is 4.27. The summed E-state index contributed by atoms with van der Waals surface area (Å²) in [5.74, 6) is 0.136. The third kappa shape index (κ3) is 3.64. The molecule has 3 rings (SSSR count). The van der Waals surface area contributed by atoms with Crippen LogP contribution in [0.1, 0.15) is 35.3 Å². The zero-order valence-electron chi connectivity index (χ0n) is 13.9. The molecule has 1 aliphatic rings. The van der Waals surface area contributed by atoms with Crippen LogP contribution in [-0.4, -0.2) is 46.1 Å². The molecule has 1 fully saturated rings. The normalized spacial score (nSPS) is 14.2. The third-order valence-corrected chi connectivity index (χ3v) is 4.27. The van der Waals surface area contributed by atoms with Gasteiger partial charge in [0.25, 0.3) is 5.91 Å². The van der Waals surface area contributed by atoms with Crippen LogP contribution in [0.25, 0.3) is 5.69 Å². The van der Waals surface area contributed by atoms with Gasteiger partial charge in [-0.2, -0.15) is 5.10 Å². The summed E-state index contributed by atoms with van der Waals surface area (Å²) in [6, 6.07) is 9.31. The molecule has 24 heavy (non-hydrogen) atoms. The van der Waals surface area contributed by atoms with Crippen LogP contribution in [-0.2, 0) is 4.79 Å². The SMILES string of the molecule is Cc1ccnn1-c1ccc(C(=O)NCCCN2CCCC2=O)cc1. The number of nitrogens with one attached hydrogen (secondary N) is 1. The number of likely N-dealkylation sites (tertiary alicyclic amines) is 1. The van der Waals surface area contributed by atoms with Crippen molar-refractivity contribution in [2.45, 2.75) is 26.2 Å². The minimum Gasteiger partial charge on any atom is -0.352 e. The average molecular weight is 326 g/mol. The zero-order chi connectivity index (χ0) is 16.9. The van der Waals surface area contributed by atoms with E-state index in [1.165, 1.54) is 0 Å². The number of hydrogen-bond donors (Lipinski definition) is 1. The van der Waals surface area contributed by atoms with Gasteiger partial charge in [0.2, 0.25) is 5.91 Å². The minimum atomic E-state index is -0.0912. The summed E-state index contributed by atoms with van der Waals surface area (Å²) in [4.78, 5) is 25.5. The molecule has 2 aromatic rings. The summed E-state index contributed by atoms with van der Waals surface area (Å²) >= 11 is 0. The molecule has 6 heteroatoms. The van der Waals surface area contributed by atoms with Crippen LogP contribution in [0.4, 0.5) is 0 Å². The van der Waals surface area contributed by atoms with Crippen LogP contribution in [0.3, 0.4) is 0 Å². The van der Waals surface area contributed by atoms with E-state index < -0.39 is 0 Å². The molecule has 0 atom stereocenters. The highest BCUT2D eigenvalue weighted by Gasteiger charge is 2.19. The van der Waals surface area contributed by atoms with E-state index in [9.17, 15) is 9.59 Å². The van der Waals surface area contributed by atoms with Crippen molar-refractivity contribution in [3.63, 3.8) is 0 Å². The highest BCUT2D eigenvalue weighted by molar-refractivity contribution is 5.94. The van der Waals surface area contributed by atoms with E-state index in [4.69, 9.17) is 0 Å². The number of rotatable bonds is 6. The van der Waals surface area contributed by atoms with Gasteiger partial charge in [-0.1, -0.05) is 0 Å². The lowest BCUT2D eigenvalue weighted by molar-refractivity contribution is -0.127. The number of amides is 2. The fraction of sp³-hybridized carbons (Fsp3) is 0.389. The molecule has 1 aliphatic heterocycles. The Kier molecular flexibility index (Phi) is 4.93. The second-order valence-electron chi connectivity index (χ2n) is 6.03. The lowest BCUT2D eigenvalue weighted by atomic mass is 10.2. The van der Waals surface area contributed by atoms with E-state index in [-0.39, 0.29) is 11.8 Å². The van der Waals surface area contributed by atoms with Crippen LogP contribution in [0, 0.1) is 6.92 Å². The van der Waals surface area contributed by atoms with Gasteiger partial charge in [-0.25, -0.2) is 4.68 Å². The molecule has 1 aromatic heterocycles. The van der Waals surface area contributed by atoms with Crippen molar-refractivity contribution in [3.8, 4) is 5.69 Å². The molecule has 0 radical (unpaired) electrons. The second kappa shape index (κ2) is 7.29. The highest BCUT2D eigenvalue weighted by Crippen LogP contribution is 2.12. The molecule has 1 N–H and O–H groups in total. The van der Waals surface area contributed by atoms with Gasteiger partial charge in [0.1, 0.15) is 0 Å². The topological polar surface area (TPSA) is 67.2 Å². The number of aromatic nitrogens is 2. The summed E-state index contributed by atoms with van der Waals surface area (Å²) in [6.07, 6.45) is 4.14. The molecule has 0 spiro atoms. The van der Waals surface area contributed by atoms with Crippen molar-refractivity contribution in [2.24, 2.45) is 0 Å². The van der Waals surface area contributed by atoms with Gasteiger partial charge in [-0.15, -0.1) is 0 Å². The van der Waals surface area contributed by atoms with Crippen LogP contribution in [0.5, 0.6) is 0 Å². The van der Waals surface area contributed by atoms with Crippen LogP contribution in [0.2, 0.25) is 0 Å². The van der Waals surface area contributed by atoms with E-state index in [2.05, 4.69) is 10.4 Å². The van der Waals surface area contributed by atoms with Crippen molar-refractivity contribution < 1.29 is 9.59 Å². The largest absolute Gasteiger partial charge is 0.352 e. The minimum absolute atomic E-state index is 0.0912. The first-order valence-corrected chi connectivity index (χ1v) is 8.32. The number of carbonyl (C=O) groups is 2. The number of carbonyl (C=O) groups excluding carboxylic acids is 2. The van der Waals surface area contributed by atoms with Crippen molar-refractivity contribution in [1.29, 1.82) is 0 Å². The Bertz CT molecular complexity index is 721. The summed E-state index contributed by atoms with van der Waals surface area (Å²) in [5.41, 5.74) is 2.60. The predicted molar refractivity (Wildman–Crippen MR) is 91.1 cm³/mol. The van der Waals surface area contributed by atoms with Crippen molar-refractivity contribution >= 4 is 11.8 Å². The number of hydrogen-bond acceptors (Lipinski definition) is 3. The number of nitrogens with zero attached hydrogens (tertiary/aromatic N) is 3. The standard InChI is InChI=1S/C18H22N4O2/c1-14-9-11-20-22(14)16-7-5-15(6-8-16)18(24)19-10-3-13-21-12-2-4-17(21)23/h5-9,11H,2-4,10,12-13H2,1H3,(H,19,24). The highest BCUT2D eigenvalue weighted by atomic mass is 16.2. The molecule has 2 amide bonds. The quantitative estimate of drug-likeness (QED) is 0.825. The second-order valence-corrected chi connectivity index (χ2v) is 6.03. The van der Waals surface area contributed by atoms with Crippen LogP contribution < -0.4 is 5.32 Å². The number of aryl methyl sites for hydroxylation is 1. The monoisotopic (exact) mass is 326 g/mol. The van der Waals surface area contributed by atoms with E-state index in [1.807, 2.05) is 34.7 Å². The Morgan fingerprint density at radius 1 is 1.25 bits per heavy atom. The molecule has 2 heterocycles. The fourth-order valence-corrected chi connectivity index (χ4v) is 2.91. The van der Waals surface area contributed by atoms with Crippen molar-refractivity contribution in [3.05, 3.63) is 47.8 Å². The molecular weight excluding hydrogens is 304 g/mol. The average Bonchev–Trinajstić information content (AvgIpc) is 3.20. The lowest BCUT2D eigenvalue weighted by Crippen LogP contribution is -2.30. The summed E-state index contributed by atoms with van der Waals surface area (Å²) < 4.78 is 1.83. The van der Waals surface area contributed by atoms with E-state index in [0.29, 0.717) is 18.5 Å². The molecule has 1 aromatic carbocycles. The van der Waals surface area contributed by atoms with Gasteiger partial charge in [-0.3, -0.25) is 9.59 Å². The summed E-state index contributed by atoms with van der Waals surface area (Å²) in [6.45, 7) is 4.12. The molecule has 0 bridgehead atoms. The maximum Gasteiger partial charge on any atom is 0.251 e. The van der Waals surface area contributed by atoms with E-state index in [0.717, 1.165) is 37.3 Å². The Morgan fingerprint density at radius 3 is 2.67 bits per heavy atom. The Morgan fingerprint density at radius 2 is 2.04 bits per heavy atom. The fourth-order valence-electron chi connectivity index (χ4n) is 2.91. The zero-order valence-corrected chi connectivity index (χ0v) is 13.9. The molecule has 1 saturated heterocycles. The molecular formula is C18H22N4O2. The van der Waals surface area contributed by atoms with E-state index in [1.54, 1.807) is 18.3 Å². The first-order valence-electron chi connectivity index (χ1n) is 8.32. The van der Waals surface area contributed by atoms with Gasteiger partial charge in [0.15, 0.2) is 0 Å². The molecule has 0 saturated carbocycles. The van der Waals surface area contributed by atoms with Crippen molar-refractivity contribution in [2.75, 3.05) is 19.6 Å². The Balaban J connectivity index is 1.48. The van der Waals surface area contributed by atoms with Crippen LogP contribution >= 0.6 is 0 Å². The Labute approximate surface area is 141 Å². The maximum atomic E-state index is 12.2. The van der Waals surface area contributed by atoms with Crippen LogP contribution in [0.15, 0.2) is 36.5 Å². The first-order chi connectivity index (χ1) is 11.6. The van der Waals surface area contributed by atoms with E-state index >= 15 is 0 Å². The first kappa shape index (κ1) is 16.2. The van der Waals surface area contributed by atoms with Gasteiger partial charge in [-0.05, 0) is 50.1 Å². The van der Waals surface area contributed by atoms with Gasteiger partial charge in [0.05, 0.1) is 5.69 Å². The summed E-state index contributed by atoms with van der Waals surface area (Å²) in [7, 11) is 0. The number of benzene rings is 1. The molecule has 0 aliphatic carbocycles. The Hall–Kier alpha value is -2.63. The van der Waals surface area contributed by atoms with Gasteiger partial charge in [0, 0.05) is 43.5 Å². The molecule has 6 nitrogen and oxygen atoms in total. The molecule has 0 unspecified atom stereocenters. The van der Waals surface area contributed by atoms with Gasteiger partial charge < -0.3 is 10.2 Å².